The minimum atomic E-state index is -0.683. The summed E-state index contributed by atoms with van der Waals surface area (Å²) in [6.45, 7) is 3.16. The van der Waals surface area contributed by atoms with Gasteiger partial charge < -0.3 is 9.36 Å². The topological polar surface area (TPSA) is 38.1 Å². The first-order chi connectivity index (χ1) is 10.5. The number of rotatable bonds is 3. The summed E-state index contributed by atoms with van der Waals surface area (Å²) in [7, 11) is 1.96. The maximum atomic E-state index is 14.1. The fourth-order valence-corrected chi connectivity index (χ4v) is 3.28. The molecule has 0 spiro atoms. The molecule has 0 fully saturated rings. The van der Waals surface area contributed by atoms with Gasteiger partial charge in [0.1, 0.15) is 17.9 Å². The summed E-state index contributed by atoms with van der Waals surface area (Å²) in [5.41, 5.74) is 2.38. The summed E-state index contributed by atoms with van der Waals surface area (Å²) in [5, 5.41) is 0.282. The highest BCUT2D eigenvalue weighted by atomic mass is 35.5. The van der Waals surface area contributed by atoms with Crippen LogP contribution in [0.1, 0.15) is 28.8 Å². The zero-order valence-electron chi connectivity index (χ0n) is 12.5. The van der Waals surface area contributed by atoms with Gasteiger partial charge >= 0.3 is 0 Å². The number of carbonyl (C=O) groups excluding carboxylic acids is 1. The Morgan fingerprint density at radius 3 is 2.91 bits per heavy atom. The molecule has 2 aromatic rings. The first kappa shape index (κ1) is 15.2. The molecular formula is C16H17ClFN3O. The van der Waals surface area contributed by atoms with Crippen LogP contribution in [0.3, 0.4) is 0 Å². The molecule has 3 rings (SSSR count). The van der Waals surface area contributed by atoms with Gasteiger partial charge in [0.25, 0.3) is 0 Å². The van der Waals surface area contributed by atoms with Crippen molar-refractivity contribution in [1.29, 1.82) is 0 Å². The lowest BCUT2D eigenvalue weighted by molar-refractivity contribution is -0.113. The number of nitrogens with zero attached hydrogens (tertiary/aromatic N) is 3. The third-order valence-corrected chi connectivity index (χ3v) is 4.66. The maximum Gasteiger partial charge on any atom is 0.141 e. The van der Waals surface area contributed by atoms with Crippen LogP contribution >= 0.6 is 11.6 Å². The van der Waals surface area contributed by atoms with Crippen molar-refractivity contribution in [3.8, 4) is 0 Å². The van der Waals surface area contributed by atoms with Gasteiger partial charge in [0.15, 0.2) is 0 Å². The Morgan fingerprint density at radius 1 is 1.45 bits per heavy atom. The van der Waals surface area contributed by atoms with Crippen LogP contribution in [-0.4, -0.2) is 27.3 Å². The molecule has 2 heterocycles. The third-order valence-electron chi connectivity index (χ3n) is 4.33. The van der Waals surface area contributed by atoms with Crippen LogP contribution < -0.4 is 0 Å². The quantitative estimate of drug-likeness (QED) is 0.816. The predicted octanol–water partition coefficient (Wildman–Crippen LogP) is 2.82. The maximum absolute atomic E-state index is 14.1. The number of imidazole rings is 1. The Labute approximate surface area is 133 Å². The van der Waals surface area contributed by atoms with Crippen molar-refractivity contribution in [2.75, 3.05) is 6.54 Å². The largest absolute Gasteiger partial charge is 0.334 e. The van der Waals surface area contributed by atoms with Gasteiger partial charge in [0, 0.05) is 37.1 Å². The molecular weight excluding hydrogens is 305 g/mol. The lowest BCUT2D eigenvalue weighted by Crippen LogP contribution is -2.36. The molecule has 1 aromatic heterocycles. The highest BCUT2D eigenvalue weighted by Gasteiger charge is 2.30. The lowest BCUT2D eigenvalue weighted by atomic mass is 10.0. The molecule has 1 aliphatic heterocycles. The Kier molecular flexibility index (Phi) is 4.02. The van der Waals surface area contributed by atoms with E-state index >= 15 is 0 Å². The number of aldehydes is 1. The van der Waals surface area contributed by atoms with Crippen molar-refractivity contribution in [3.05, 3.63) is 51.8 Å². The zero-order valence-corrected chi connectivity index (χ0v) is 13.3. The van der Waals surface area contributed by atoms with Crippen LogP contribution in [-0.2, 0) is 24.8 Å². The van der Waals surface area contributed by atoms with Crippen LogP contribution in [0, 0.1) is 12.7 Å². The van der Waals surface area contributed by atoms with Gasteiger partial charge in [0.05, 0.1) is 17.4 Å². The molecule has 1 aliphatic rings. The number of carbonyl (C=O) groups is 1. The van der Waals surface area contributed by atoms with Crippen LogP contribution in [0.2, 0.25) is 5.02 Å². The molecule has 1 unspecified atom stereocenters. The summed E-state index contributed by atoms with van der Waals surface area (Å²) in [4.78, 5) is 18.1. The highest BCUT2D eigenvalue weighted by Crippen LogP contribution is 2.32. The Bertz CT molecular complexity index is 708. The molecule has 6 heteroatoms. The average molecular weight is 322 g/mol. The lowest BCUT2D eigenvalue weighted by Gasteiger charge is -2.32. The standard InChI is InChI=1S/C16H17ClFN3O/c1-10-19-13-6-7-21(8-14(13)20(10)2)15(9-22)16-11(17)4-3-5-12(16)18/h3-5,9,15H,6-8H2,1-2H3. The van der Waals surface area contributed by atoms with E-state index in [2.05, 4.69) is 4.98 Å². The van der Waals surface area contributed by atoms with E-state index in [1.807, 2.05) is 23.4 Å². The number of fused-ring (bicyclic) bond motifs is 1. The van der Waals surface area contributed by atoms with Crippen molar-refractivity contribution in [2.45, 2.75) is 25.9 Å². The number of halogens is 2. The second kappa shape index (κ2) is 5.82. The molecule has 1 aromatic carbocycles. The Hall–Kier alpha value is -1.72. The van der Waals surface area contributed by atoms with Crippen LogP contribution in [0.5, 0.6) is 0 Å². The molecule has 0 aliphatic carbocycles. The second-order valence-corrected chi connectivity index (χ2v) is 5.96. The van der Waals surface area contributed by atoms with E-state index in [0.717, 1.165) is 29.9 Å². The average Bonchev–Trinajstić information content (AvgIpc) is 2.78. The van der Waals surface area contributed by atoms with Gasteiger partial charge in [-0.05, 0) is 19.1 Å². The summed E-state index contributed by atoms with van der Waals surface area (Å²) in [6.07, 6.45) is 1.51. The number of hydrogen-bond acceptors (Lipinski definition) is 3. The van der Waals surface area contributed by atoms with Crippen LogP contribution in [0.25, 0.3) is 0 Å². The summed E-state index contributed by atoms with van der Waals surface area (Å²) >= 11 is 6.11. The fourth-order valence-electron chi connectivity index (χ4n) is 3.01. The molecule has 4 nitrogen and oxygen atoms in total. The van der Waals surface area contributed by atoms with E-state index in [1.165, 1.54) is 6.07 Å². The van der Waals surface area contributed by atoms with E-state index in [4.69, 9.17) is 11.6 Å². The number of aromatic nitrogens is 2. The van der Waals surface area contributed by atoms with Crippen molar-refractivity contribution in [3.63, 3.8) is 0 Å². The van der Waals surface area contributed by atoms with Crippen LogP contribution in [0.4, 0.5) is 4.39 Å². The number of hydrogen-bond donors (Lipinski definition) is 0. The SMILES string of the molecule is Cc1nc2c(n1C)CN(C(C=O)c1c(F)cccc1Cl)CC2. The minimum Gasteiger partial charge on any atom is -0.334 e. The van der Waals surface area contributed by atoms with Gasteiger partial charge in [-0.1, -0.05) is 17.7 Å². The van der Waals surface area contributed by atoms with E-state index < -0.39 is 11.9 Å². The van der Waals surface area contributed by atoms with E-state index in [9.17, 15) is 9.18 Å². The smallest absolute Gasteiger partial charge is 0.141 e. The molecule has 116 valence electrons. The Morgan fingerprint density at radius 2 is 2.23 bits per heavy atom. The molecule has 0 radical (unpaired) electrons. The monoisotopic (exact) mass is 321 g/mol. The minimum absolute atomic E-state index is 0.251. The Balaban J connectivity index is 1.96. The third kappa shape index (κ3) is 2.44. The molecule has 0 amide bonds. The first-order valence-electron chi connectivity index (χ1n) is 7.17. The molecule has 0 saturated carbocycles. The van der Waals surface area contributed by atoms with Gasteiger partial charge in [-0.25, -0.2) is 9.37 Å². The van der Waals surface area contributed by atoms with E-state index in [1.54, 1.807) is 12.1 Å². The molecule has 0 N–H and O–H groups in total. The molecule has 1 atom stereocenters. The first-order valence-corrected chi connectivity index (χ1v) is 7.55. The summed E-state index contributed by atoms with van der Waals surface area (Å²) < 4.78 is 16.2. The van der Waals surface area contributed by atoms with E-state index in [0.29, 0.717) is 13.1 Å². The summed E-state index contributed by atoms with van der Waals surface area (Å²) in [5.74, 6) is 0.495. The van der Waals surface area contributed by atoms with Crippen molar-refractivity contribution < 1.29 is 9.18 Å². The number of aryl methyl sites for hydroxylation is 1. The van der Waals surface area contributed by atoms with E-state index in [-0.39, 0.29) is 10.6 Å². The van der Waals surface area contributed by atoms with Gasteiger partial charge in [-0.3, -0.25) is 4.90 Å². The van der Waals surface area contributed by atoms with Crippen molar-refractivity contribution in [1.82, 2.24) is 14.5 Å². The molecule has 22 heavy (non-hydrogen) atoms. The fraction of sp³-hybridized carbons (Fsp3) is 0.375. The second-order valence-electron chi connectivity index (χ2n) is 5.55. The normalized spacial score (nSPS) is 16.4. The molecule has 0 bridgehead atoms. The summed E-state index contributed by atoms with van der Waals surface area (Å²) in [6, 6.07) is 3.81. The highest BCUT2D eigenvalue weighted by molar-refractivity contribution is 6.31. The van der Waals surface area contributed by atoms with Crippen molar-refractivity contribution >= 4 is 17.9 Å². The van der Waals surface area contributed by atoms with Gasteiger partial charge in [-0.15, -0.1) is 0 Å². The van der Waals surface area contributed by atoms with Crippen LogP contribution in [0.15, 0.2) is 18.2 Å². The van der Waals surface area contributed by atoms with Gasteiger partial charge in [0.2, 0.25) is 0 Å². The molecule has 0 saturated heterocycles. The predicted molar refractivity (Wildman–Crippen MR) is 82.3 cm³/mol. The van der Waals surface area contributed by atoms with Gasteiger partial charge in [-0.2, -0.15) is 0 Å². The van der Waals surface area contributed by atoms with Crippen molar-refractivity contribution in [2.24, 2.45) is 7.05 Å². The zero-order chi connectivity index (χ0) is 15.9. The number of benzene rings is 1.